The van der Waals surface area contributed by atoms with Crippen molar-refractivity contribution in [3.63, 3.8) is 0 Å². The number of esters is 2. The summed E-state index contributed by atoms with van der Waals surface area (Å²) in [5.74, 6) is -1.23. The van der Waals surface area contributed by atoms with Gasteiger partial charge in [0.1, 0.15) is 30.1 Å². The molecule has 2 aromatic heterocycles. The number of fused-ring (bicyclic) bond motifs is 5. The molecular weight excluding hydrogens is 719 g/mol. The molecule has 1 amide bonds. The molecule has 5 rings (SSSR count). The molecule has 0 spiro atoms. The smallest absolute Gasteiger partial charge is 0.459 e. The minimum absolute atomic E-state index is 0.0364. The van der Waals surface area contributed by atoms with Gasteiger partial charge in [-0.15, -0.1) is 0 Å². The van der Waals surface area contributed by atoms with Crippen LogP contribution in [0, 0.1) is 0 Å². The van der Waals surface area contributed by atoms with E-state index in [2.05, 4.69) is 10.4 Å². The number of pyridine rings is 2. The van der Waals surface area contributed by atoms with E-state index in [1.54, 1.807) is 77.3 Å². The number of aliphatic hydroxyl groups is 1. The Labute approximate surface area is 314 Å². The number of nitrogens with zero attached hydrogens (tertiary/aromatic N) is 2. The molecule has 3 aromatic rings. The van der Waals surface area contributed by atoms with Crippen molar-refractivity contribution in [1.82, 2.24) is 20.0 Å². The van der Waals surface area contributed by atoms with E-state index in [4.69, 9.17) is 28.2 Å². The minimum Gasteiger partial charge on any atom is -0.459 e. The van der Waals surface area contributed by atoms with Crippen molar-refractivity contribution < 1.29 is 47.3 Å². The zero-order chi connectivity index (χ0) is 39.6. The monoisotopic (exact) mass is 770 g/mol. The molecular formula is C38H51N4O11P. The molecule has 3 N–H and O–H groups in total. The van der Waals surface area contributed by atoms with E-state index in [1.807, 2.05) is 6.92 Å². The number of hydrogen-bond donors (Lipinski definition) is 3. The highest BCUT2D eigenvalue weighted by atomic mass is 31.2. The van der Waals surface area contributed by atoms with Gasteiger partial charge in [-0.25, -0.2) is 24.2 Å². The summed E-state index contributed by atoms with van der Waals surface area (Å²) < 4.78 is 43.3. The Morgan fingerprint density at radius 3 is 2.41 bits per heavy atom. The average molecular weight is 771 g/mol. The van der Waals surface area contributed by atoms with Crippen molar-refractivity contribution in [2.24, 2.45) is 0 Å². The molecule has 0 saturated carbocycles. The van der Waals surface area contributed by atoms with E-state index in [-0.39, 0.29) is 48.6 Å². The highest BCUT2D eigenvalue weighted by Crippen LogP contribution is 2.46. The van der Waals surface area contributed by atoms with Crippen LogP contribution in [0.5, 0.6) is 5.75 Å². The van der Waals surface area contributed by atoms with E-state index in [1.165, 1.54) is 0 Å². The van der Waals surface area contributed by atoms with Crippen LogP contribution in [0.1, 0.15) is 103 Å². The second kappa shape index (κ2) is 15.8. The van der Waals surface area contributed by atoms with Crippen LogP contribution in [0.2, 0.25) is 0 Å². The Morgan fingerprint density at radius 1 is 1.02 bits per heavy atom. The van der Waals surface area contributed by atoms with Crippen LogP contribution in [-0.4, -0.2) is 63.6 Å². The summed E-state index contributed by atoms with van der Waals surface area (Å²) in [6.45, 7) is 14.2. The molecule has 294 valence electrons. The van der Waals surface area contributed by atoms with Crippen molar-refractivity contribution in [2.45, 2.75) is 117 Å². The summed E-state index contributed by atoms with van der Waals surface area (Å²) in [6, 6.07) is 6.67. The van der Waals surface area contributed by atoms with E-state index < -0.39 is 49.1 Å². The fourth-order valence-corrected chi connectivity index (χ4v) is 7.77. The Hall–Kier alpha value is -4.30. The van der Waals surface area contributed by atoms with E-state index >= 15 is 0 Å². The first-order valence-electron chi connectivity index (χ1n) is 18.3. The lowest BCUT2D eigenvalue weighted by molar-refractivity contribution is -0.172. The highest BCUT2D eigenvalue weighted by Gasteiger charge is 2.45. The Bertz CT molecular complexity index is 2050. The van der Waals surface area contributed by atoms with Crippen molar-refractivity contribution in [3.8, 4) is 17.1 Å². The molecule has 2 aliphatic heterocycles. The first-order chi connectivity index (χ1) is 25.3. The Kier molecular flexibility index (Phi) is 12.0. The van der Waals surface area contributed by atoms with Crippen LogP contribution in [0.25, 0.3) is 22.3 Å². The van der Waals surface area contributed by atoms with Gasteiger partial charge >= 0.3 is 25.8 Å². The number of ether oxygens (including phenoxy) is 3. The average Bonchev–Trinajstić information content (AvgIpc) is 3.44. The van der Waals surface area contributed by atoms with Crippen LogP contribution in [0.4, 0.5) is 4.79 Å². The van der Waals surface area contributed by atoms with Crippen LogP contribution in [-0.2, 0) is 58.1 Å². The van der Waals surface area contributed by atoms with E-state index in [9.17, 15) is 28.8 Å². The van der Waals surface area contributed by atoms with Crippen LogP contribution in [0.3, 0.4) is 0 Å². The van der Waals surface area contributed by atoms with Crippen LogP contribution < -0.4 is 20.5 Å². The lowest BCUT2D eigenvalue weighted by Gasteiger charge is -2.31. The van der Waals surface area contributed by atoms with Gasteiger partial charge in [0.2, 0.25) is 0 Å². The van der Waals surface area contributed by atoms with E-state index in [0.717, 1.165) is 11.1 Å². The molecule has 54 heavy (non-hydrogen) atoms. The van der Waals surface area contributed by atoms with Gasteiger partial charge in [0.25, 0.3) is 5.56 Å². The first-order valence-corrected chi connectivity index (χ1v) is 19.8. The minimum atomic E-state index is -4.13. The standard InChI is InChI=1S/C38H51N4O11P/c1-9-24-25-18-23(53-54(48,40-20-31(43)51-36(3,4)5)50-17-13-11-12-16-39-35(46)52-37(6,7)8)14-15-29(25)41-32-26(24)21-42-30(32)19-28-27(33(42)44)22-49-34(45)38(28,47)10-2/h14-15,18-19,47H,9-13,16-17,20-22H2,1-8H3,(H,39,46)(H,40,48)/t38-,54?/m0/s1. The second-order valence-electron chi connectivity index (χ2n) is 15.4. The van der Waals surface area contributed by atoms with Crippen LogP contribution >= 0.6 is 7.75 Å². The predicted octanol–water partition coefficient (Wildman–Crippen LogP) is 5.77. The van der Waals surface area contributed by atoms with Gasteiger partial charge in [-0.2, -0.15) is 0 Å². The Balaban J connectivity index is 1.37. The Morgan fingerprint density at radius 2 is 1.74 bits per heavy atom. The largest absolute Gasteiger partial charge is 0.459 e. The topological polar surface area (TPSA) is 194 Å². The molecule has 0 bridgehead atoms. The van der Waals surface area contributed by atoms with Gasteiger partial charge in [0.05, 0.1) is 35.6 Å². The maximum Gasteiger partial charge on any atom is 0.459 e. The number of aryl methyl sites for hydroxylation is 1. The van der Waals surface area contributed by atoms with Gasteiger partial charge in [0, 0.05) is 23.1 Å². The molecule has 1 unspecified atom stereocenters. The maximum atomic E-state index is 14.1. The predicted molar refractivity (Wildman–Crippen MR) is 200 cm³/mol. The van der Waals surface area contributed by atoms with Crippen molar-refractivity contribution in [2.75, 3.05) is 19.7 Å². The number of rotatable bonds is 14. The van der Waals surface area contributed by atoms with Gasteiger partial charge in [-0.05, 0) is 103 Å². The number of nitrogens with one attached hydrogen (secondary N) is 2. The third-order valence-electron chi connectivity index (χ3n) is 8.94. The molecule has 0 radical (unpaired) electrons. The number of hydrogen-bond acceptors (Lipinski definition) is 12. The summed E-state index contributed by atoms with van der Waals surface area (Å²) in [5.41, 5.74) is 0.164. The molecule has 0 fully saturated rings. The fourth-order valence-electron chi connectivity index (χ4n) is 6.48. The third-order valence-corrected chi connectivity index (χ3v) is 10.5. The first kappa shape index (κ1) is 40.9. The second-order valence-corrected chi connectivity index (χ2v) is 17.1. The fraction of sp³-hybridized carbons (Fsp3) is 0.553. The zero-order valence-corrected chi connectivity index (χ0v) is 33.1. The van der Waals surface area contributed by atoms with Crippen molar-refractivity contribution >= 4 is 36.7 Å². The molecule has 0 aliphatic carbocycles. The lowest BCUT2D eigenvalue weighted by atomic mass is 9.86. The third kappa shape index (κ3) is 9.14. The molecule has 1 aromatic carbocycles. The summed E-state index contributed by atoms with van der Waals surface area (Å²) in [4.78, 5) is 55.7. The molecule has 4 heterocycles. The summed E-state index contributed by atoms with van der Waals surface area (Å²) in [7, 11) is -4.13. The highest BCUT2D eigenvalue weighted by molar-refractivity contribution is 7.52. The number of unbranched alkanes of at least 4 members (excludes halogenated alkanes) is 2. The number of carbonyl (C=O) groups is 3. The van der Waals surface area contributed by atoms with Gasteiger partial charge in [-0.3, -0.25) is 14.1 Å². The summed E-state index contributed by atoms with van der Waals surface area (Å²) in [6.07, 6.45) is 1.86. The molecule has 0 saturated heterocycles. The SMILES string of the molecule is CCc1c2c(nc3ccc(OP(=O)(NCC(=O)OC(C)(C)C)OCCCCCNC(=O)OC(C)(C)C)cc13)-c1cc3c(c(=O)n1C2)COC(=O)[C@]3(O)CC. The van der Waals surface area contributed by atoms with Crippen LogP contribution in [0.15, 0.2) is 29.1 Å². The number of aromatic nitrogens is 2. The molecule has 2 aliphatic rings. The molecule has 2 atom stereocenters. The van der Waals surface area contributed by atoms with Gasteiger partial charge in [-0.1, -0.05) is 13.8 Å². The molecule has 15 nitrogen and oxygen atoms in total. The van der Waals surface area contributed by atoms with Crippen molar-refractivity contribution in [1.29, 1.82) is 0 Å². The normalized spacial score (nSPS) is 17.5. The summed E-state index contributed by atoms with van der Waals surface area (Å²) in [5, 5.41) is 17.3. The lowest BCUT2D eigenvalue weighted by Crippen LogP contribution is -2.44. The number of carbonyl (C=O) groups excluding carboxylic acids is 3. The van der Waals surface area contributed by atoms with E-state index in [0.29, 0.717) is 54.5 Å². The molecule has 16 heteroatoms. The van der Waals surface area contributed by atoms with Gasteiger partial charge in [0.15, 0.2) is 5.60 Å². The number of benzene rings is 1. The van der Waals surface area contributed by atoms with Gasteiger partial charge < -0.3 is 33.7 Å². The zero-order valence-electron chi connectivity index (χ0n) is 32.3. The number of amides is 1. The maximum absolute atomic E-state index is 14.1. The quantitative estimate of drug-likeness (QED) is 0.0606. The number of alkyl carbamates (subject to hydrolysis) is 1. The van der Waals surface area contributed by atoms with Crippen molar-refractivity contribution in [3.05, 3.63) is 56.9 Å². The number of cyclic esters (lactones) is 1. The summed E-state index contributed by atoms with van der Waals surface area (Å²) >= 11 is 0.